The van der Waals surface area contributed by atoms with Crippen LogP contribution in [0.25, 0.3) is 0 Å². The van der Waals surface area contributed by atoms with Gasteiger partial charge in [-0.3, -0.25) is 0 Å². The van der Waals surface area contributed by atoms with Crippen LogP contribution in [-0.2, 0) is 10.0 Å². The number of rotatable bonds is 4. The molecule has 2 N–H and O–H groups in total. The Morgan fingerprint density at radius 2 is 1.95 bits per heavy atom. The van der Waals surface area contributed by atoms with Crippen LogP contribution in [0, 0.1) is 11.7 Å². The first-order valence-corrected chi connectivity index (χ1v) is 8.43. The van der Waals surface area contributed by atoms with Crippen LogP contribution in [0.1, 0.15) is 39.0 Å². The van der Waals surface area contributed by atoms with Gasteiger partial charge in [-0.25, -0.2) is 17.9 Å². The Morgan fingerprint density at radius 3 is 2.50 bits per heavy atom. The van der Waals surface area contributed by atoms with Crippen molar-refractivity contribution < 1.29 is 17.5 Å². The van der Waals surface area contributed by atoms with Crippen molar-refractivity contribution in [3.05, 3.63) is 24.0 Å². The van der Waals surface area contributed by atoms with E-state index in [2.05, 4.69) is 6.92 Å². The molecule has 1 aromatic rings. The highest BCUT2D eigenvalue weighted by Crippen LogP contribution is 2.31. The van der Waals surface area contributed by atoms with Gasteiger partial charge >= 0.3 is 0 Å². The van der Waals surface area contributed by atoms with Gasteiger partial charge < -0.3 is 4.74 Å². The Labute approximate surface area is 119 Å². The molecule has 0 heterocycles. The first-order chi connectivity index (χ1) is 9.40. The van der Waals surface area contributed by atoms with Crippen molar-refractivity contribution in [2.75, 3.05) is 0 Å². The van der Waals surface area contributed by atoms with Crippen molar-refractivity contribution in [3.8, 4) is 5.75 Å². The van der Waals surface area contributed by atoms with E-state index >= 15 is 0 Å². The summed E-state index contributed by atoms with van der Waals surface area (Å²) in [5.41, 5.74) is 0. The molecule has 1 aliphatic rings. The molecule has 1 aliphatic carbocycles. The lowest BCUT2D eigenvalue weighted by atomic mass is 9.86. The van der Waals surface area contributed by atoms with Crippen LogP contribution in [0.5, 0.6) is 5.75 Å². The largest absolute Gasteiger partial charge is 0.489 e. The van der Waals surface area contributed by atoms with Crippen molar-refractivity contribution in [2.45, 2.75) is 50.0 Å². The number of hydrogen-bond acceptors (Lipinski definition) is 3. The highest BCUT2D eigenvalue weighted by atomic mass is 32.2. The second kappa shape index (κ2) is 6.10. The molecule has 0 saturated heterocycles. The molecule has 2 rings (SSSR count). The second-order valence-corrected chi connectivity index (χ2v) is 6.83. The maximum absolute atomic E-state index is 13.2. The molecule has 112 valence electrons. The van der Waals surface area contributed by atoms with E-state index < -0.39 is 15.8 Å². The molecular weight excluding hydrogens is 281 g/mol. The zero-order valence-corrected chi connectivity index (χ0v) is 12.3. The quantitative estimate of drug-likeness (QED) is 0.929. The molecule has 0 amide bonds. The molecule has 0 aliphatic heterocycles. The Balaban J connectivity index is 2.14. The fourth-order valence-electron chi connectivity index (χ4n) is 2.64. The number of primary sulfonamides is 1. The number of ether oxygens (including phenoxy) is 1. The molecule has 1 aromatic carbocycles. The van der Waals surface area contributed by atoms with Crippen molar-refractivity contribution in [3.63, 3.8) is 0 Å². The van der Waals surface area contributed by atoms with Crippen molar-refractivity contribution in [2.24, 2.45) is 11.1 Å². The highest BCUT2D eigenvalue weighted by molar-refractivity contribution is 7.89. The molecule has 0 bridgehead atoms. The van der Waals surface area contributed by atoms with Crippen LogP contribution < -0.4 is 9.88 Å². The van der Waals surface area contributed by atoms with Gasteiger partial charge in [0.05, 0.1) is 6.10 Å². The van der Waals surface area contributed by atoms with Crippen LogP contribution in [0.3, 0.4) is 0 Å². The topological polar surface area (TPSA) is 69.4 Å². The third-order valence-electron chi connectivity index (χ3n) is 3.88. The Kier molecular flexibility index (Phi) is 4.65. The fraction of sp³-hybridized carbons (Fsp3) is 0.571. The van der Waals surface area contributed by atoms with E-state index in [1.807, 2.05) is 0 Å². The summed E-state index contributed by atoms with van der Waals surface area (Å²) >= 11 is 0. The van der Waals surface area contributed by atoms with E-state index in [0.717, 1.165) is 44.1 Å². The summed E-state index contributed by atoms with van der Waals surface area (Å²) in [6, 6.07) is 3.42. The standard InChI is InChI=1S/C14H20FNO3S/c1-2-10-3-6-12(7-4-10)19-13-8-5-11(15)9-14(13)20(16,17)18/h5,8-10,12H,2-4,6-7H2,1H3,(H2,16,17,18). The van der Waals surface area contributed by atoms with Gasteiger partial charge in [0, 0.05) is 0 Å². The molecule has 1 fully saturated rings. The molecule has 0 unspecified atom stereocenters. The summed E-state index contributed by atoms with van der Waals surface area (Å²) in [7, 11) is -3.99. The van der Waals surface area contributed by atoms with Crippen LogP contribution >= 0.6 is 0 Å². The van der Waals surface area contributed by atoms with Crippen molar-refractivity contribution >= 4 is 10.0 Å². The number of sulfonamides is 1. The van der Waals surface area contributed by atoms with Gasteiger partial charge in [-0.1, -0.05) is 13.3 Å². The van der Waals surface area contributed by atoms with E-state index in [9.17, 15) is 12.8 Å². The predicted octanol–water partition coefficient (Wildman–Crippen LogP) is 2.82. The number of hydrogen-bond donors (Lipinski definition) is 1. The minimum absolute atomic E-state index is 0.0243. The Bertz CT molecular complexity index is 566. The van der Waals surface area contributed by atoms with E-state index in [-0.39, 0.29) is 16.7 Å². The molecule has 1 saturated carbocycles. The third-order valence-corrected chi connectivity index (χ3v) is 4.81. The molecule has 4 nitrogen and oxygen atoms in total. The van der Waals surface area contributed by atoms with Gasteiger partial charge in [0.15, 0.2) is 0 Å². The van der Waals surface area contributed by atoms with Gasteiger partial charge in [-0.2, -0.15) is 0 Å². The second-order valence-electron chi connectivity index (χ2n) is 5.30. The summed E-state index contributed by atoms with van der Waals surface area (Å²) in [5.74, 6) is 0.227. The van der Waals surface area contributed by atoms with Gasteiger partial charge in [0.25, 0.3) is 0 Å². The van der Waals surface area contributed by atoms with E-state index in [4.69, 9.17) is 9.88 Å². The van der Waals surface area contributed by atoms with Crippen molar-refractivity contribution in [1.29, 1.82) is 0 Å². The van der Waals surface area contributed by atoms with Gasteiger partial charge in [0.2, 0.25) is 10.0 Å². The normalized spacial score (nSPS) is 23.6. The van der Waals surface area contributed by atoms with Crippen LogP contribution in [0.2, 0.25) is 0 Å². The lowest BCUT2D eigenvalue weighted by Gasteiger charge is -2.28. The summed E-state index contributed by atoms with van der Waals surface area (Å²) in [6.07, 6.45) is 5.06. The Hall–Kier alpha value is -1.14. The van der Waals surface area contributed by atoms with E-state index in [1.165, 1.54) is 12.1 Å². The van der Waals surface area contributed by atoms with E-state index in [1.54, 1.807) is 0 Å². The maximum atomic E-state index is 13.2. The van der Waals surface area contributed by atoms with Crippen LogP contribution in [0.4, 0.5) is 4.39 Å². The molecular formula is C14H20FNO3S. The number of halogens is 1. The summed E-state index contributed by atoms with van der Waals surface area (Å²) < 4.78 is 41.9. The third kappa shape index (κ3) is 3.70. The lowest BCUT2D eigenvalue weighted by molar-refractivity contribution is 0.126. The van der Waals surface area contributed by atoms with Gasteiger partial charge in [0.1, 0.15) is 16.5 Å². The molecule has 0 aromatic heterocycles. The first kappa shape index (κ1) is 15.3. The minimum atomic E-state index is -3.99. The average molecular weight is 301 g/mol. The number of nitrogens with two attached hydrogens (primary N) is 1. The van der Waals surface area contributed by atoms with E-state index in [0.29, 0.717) is 0 Å². The molecule has 0 spiro atoms. The zero-order chi connectivity index (χ0) is 14.8. The molecule has 0 atom stereocenters. The average Bonchev–Trinajstić information content (AvgIpc) is 2.40. The van der Waals surface area contributed by atoms with Gasteiger partial charge in [-0.15, -0.1) is 0 Å². The van der Waals surface area contributed by atoms with Gasteiger partial charge in [-0.05, 0) is 49.8 Å². The highest BCUT2D eigenvalue weighted by Gasteiger charge is 2.24. The SMILES string of the molecule is CCC1CCC(Oc2ccc(F)cc2S(N)(=O)=O)CC1. The maximum Gasteiger partial charge on any atom is 0.241 e. The minimum Gasteiger partial charge on any atom is -0.489 e. The molecule has 20 heavy (non-hydrogen) atoms. The molecule has 0 radical (unpaired) electrons. The summed E-state index contributed by atoms with van der Waals surface area (Å²) in [6.45, 7) is 2.17. The zero-order valence-electron chi connectivity index (χ0n) is 11.5. The smallest absolute Gasteiger partial charge is 0.241 e. The monoisotopic (exact) mass is 301 g/mol. The predicted molar refractivity (Wildman–Crippen MR) is 74.4 cm³/mol. The van der Waals surface area contributed by atoms with Crippen LogP contribution in [0.15, 0.2) is 23.1 Å². The Morgan fingerprint density at radius 1 is 1.30 bits per heavy atom. The van der Waals surface area contributed by atoms with Crippen LogP contribution in [-0.4, -0.2) is 14.5 Å². The summed E-state index contributed by atoms with van der Waals surface area (Å²) in [5, 5.41) is 5.10. The summed E-state index contributed by atoms with van der Waals surface area (Å²) in [4.78, 5) is -0.282. The molecule has 6 heteroatoms. The number of benzene rings is 1. The first-order valence-electron chi connectivity index (χ1n) is 6.89. The fourth-order valence-corrected chi connectivity index (χ4v) is 3.31. The van der Waals surface area contributed by atoms with Crippen molar-refractivity contribution in [1.82, 2.24) is 0 Å². The lowest BCUT2D eigenvalue weighted by Crippen LogP contribution is -2.25.